The van der Waals surface area contributed by atoms with Crippen LogP contribution in [0.1, 0.15) is 18.9 Å². The smallest absolute Gasteiger partial charge is 0.321 e. The number of carbonyl (C=O) groups excluding carboxylic acids is 1. The summed E-state index contributed by atoms with van der Waals surface area (Å²) >= 11 is 0. The third kappa shape index (κ3) is 3.83. The van der Waals surface area contributed by atoms with E-state index in [2.05, 4.69) is 10.3 Å². The molecule has 0 bridgehead atoms. The standard InChI is InChI=1S/C18H21N3O3/c1-13-10-14(20-17(22)21-9-7-18(2,23)12-21)5-6-16(13)24-15-4-3-8-19-11-15/h3-6,8,10-11,23H,7,9,12H2,1-2H3,(H,20,22)/t18-/m0/s1. The van der Waals surface area contributed by atoms with Gasteiger partial charge in [0.05, 0.1) is 18.3 Å². The minimum Gasteiger partial charge on any atom is -0.455 e. The molecule has 6 nitrogen and oxygen atoms in total. The molecule has 0 saturated carbocycles. The molecule has 2 N–H and O–H groups in total. The molecule has 1 atom stereocenters. The molecule has 2 heterocycles. The molecule has 126 valence electrons. The molecule has 24 heavy (non-hydrogen) atoms. The van der Waals surface area contributed by atoms with E-state index in [-0.39, 0.29) is 6.03 Å². The normalized spacial score (nSPS) is 20.0. The zero-order valence-electron chi connectivity index (χ0n) is 13.8. The number of hydrogen-bond donors (Lipinski definition) is 2. The number of carbonyl (C=O) groups is 1. The van der Waals surface area contributed by atoms with Gasteiger partial charge in [0.15, 0.2) is 0 Å². The lowest BCUT2D eigenvalue weighted by Crippen LogP contribution is -2.36. The van der Waals surface area contributed by atoms with Crippen LogP contribution < -0.4 is 10.1 Å². The number of β-amino-alcohol motifs (C(OH)–C–C–N with tert-alkyl or cyclic N) is 1. The van der Waals surface area contributed by atoms with Gasteiger partial charge in [-0.2, -0.15) is 0 Å². The Bertz CT molecular complexity index is 732. The van der Waals surface area contributed by atoms with Crippen LogP contribution in [0.5, 0.6) is 11.5 Å². The first-order chi connectivity index (χ1) is 11.4. The first kappa shape index (κ1) is 16.3. The van der Waals surface area contributed by atoms with Gasteiger partial charge in [-0.1, -0.05) is 0 Å². The molecule has 2 amide bonds. The Morgan fingerprint density at radius 2 is 2.25 bits per heavy atom. The summed E-state index contributed by atoms with van der Waals surface area (Å²) in [4.78, 5) is 17.9. The average molecular weight is 327 g/mol. The molecule has 1 aliphatic heterocycles. The van der Waals surface area contributed by atoms with Crippen molar-refractivity contribution in [3.63, 3.8) is 0 Å². The number of anilines is 1. The van der Waals surface area contributed by atoms with E-state index >= 15 is 0 Å². The van der Waals surface area contributed by atoms with Crippen LogP contribution in [0.15, 0.2) is 42.7 Å². The summed E-state index contributed by atoms with van der Waals surface area (Å²) in [6, 6.07) is 8.92. The number of nitrogens with zero attached hydrogens (tertiary/aromatic N) is 2. The fourth-order valence-electron chi connectivity index (χ4n) is 2.70. The van der Waals surface area contributed by atoms with Crippen LogP contribution in [0.25, 0.3) is 0 Å². The van der Waals surface area contributed by atoms with E-state index in [4.69, 9.17) is 4.74 Å². The zero-order valence-corrected chi connectivity index (χ0v) is 13.8. The second kappa shape index (κ2) is 6.49. The van der Waals surface area contributed by atoms with Crippen molar-refractivity contribution < 1.29 is 14.6 Å². The third-order valence-corrected chi connectivity index (χ3v) is 4.03. The lowest BCUT2D eigenvalue weighted by atomic mass is 10.1. The van der Waals surface area contributed by atoms with E-state index in [1.165, 1.54) is 0 Å². The summed E-state index contributed by atoms with van der Waals surface area (Å²) in [5.41, 5.74) is 0.807. The van der Waals surface area contributed by atoms with Gasteiger partial charge in [-0.25, -0.2) is 4.79 Å². The minimum atomic E-state index is -0.797. The van der Waals surface area contributed by atoms with Crippen molar-refractivity contribution in [2.24, 2.45) is 0 Å². The van der Waals surface area contributed by atoms with Crippen LogP contribution in [-0.2, 0) is 0 Å². The van der Waals surface area contributed by atoms with E-state index in [0.717, 1.165) is 5.56 Å². The van der Waals surface area contributed by atoms with Gasteiger partial charge in [0.1, 0.15) is 11.5 Å². The van der Waals surface area contributed by atoms with Gasteiger partial charge in [0.2, 0.25) is 0 Å². The lowest BCUT2D eigenvalue weighted by Gasteiger charge is -2.20. The zero-order chi connectivity index (χ0) is 17.2. The summed E-state index contributed by atoms with van der Waals surface area (Å²) < 4.78 is 5.78. The number of urea groups is 1. The third-order valence-electron chi connectivity index (χ3n) is 4.03. The van der Waals surface area contributed by atoms with Crippen molar-refractivity contribution >= 4 is 11.7 Å². The minimum absolute atomic E-state index is 0.201. The molecular formula is C18H21N3O3. The van der Waals surface area contributed by atoms with Crippen molar-refractivity contribution in [3.05, 3.63) is 48.3 Å². The van der Waals surface area contributed by atoms with Crippen LogP contribution in [0.3, 0.4) is 0 Å². The van der Waals surface area contributed by atoms with Gasteiger partial charge in [-0.3, -0.25) is 4.98 Å². The van der Waals surface area contributed by atoms with Gasteiger partial charge in [-0.05, 0) is 56.2 Å². The molecule has 0 radical (unpaired) electrons. The predicted molar refractivity (Wildman–Crippen MR) is 91.3 cm³/mol. The van der Waals surface area contributed by atoms with Gasteiger partial charge in [0, 0.05) is 18.4 Å². The molecule has 1 fully saturated rings. The summed E-state index contributed by atoms with van der Waals surface area (Å²) in [6.45, 7) is 4.57. The molecule has 1 saturated heterocycles. The number of ether oxygens (including phenoxy) is 1. The molecule has 6 heteroatoms. The highest BCUT2D eigenvalue weighted by molar-refractivity contribution is 5.89. The van der Waals surface area contributed by atoms with E-state index in [0.29, 0.717) is 36.7 Å². The van der Waals surface area contributed by atoms with Crippen LogP contribution in [-0.4, -0.2) is 39.7 Å². The molecule has 0 unspecified atom stereocenters. The number of nitrogens with one attached hydrogen (secondary N) is 1. The van der Waals surface area contributed by atoms with Gasteiger partial charge >= 0.3 is 6.03 Å². The quantitative estimate of drug-likeness (QED) is 0.908. The van der Waals surface area contributed by atoms with Crippen molar-refractivity contribution in [3.8, 4) is 11.5 Å². The number of aromatic nitrogens is 1. The molecule has 1 aromatic carbocycles. The Morgan fingerprint density at radius 1 is 1.42 bits per heavy atom. The number of benzene rings is 1. The highest BCUT2D eigenvalue weighted by atomic mass is 16.5. The van der Waals surface area contributed by atoms with Crippen LogP contribution in [0.2, 0.25) is 0 Å². The van der Waals surface area contributed by atoms with Crippen molar-refractivity contribution in [1.82, 2.24) is 9.88 Å². The molecule has 2 aromatic rings. The van der Waals surface area contributed by atoms with Crippen molar-refractivity contribution in [2.75, 3.05) is 18.4 Å². The van der Waals surface area contributed by atoms with E-state index in [1.54, 1.807) is 30.3 Å². The number of rotatable bonds is 3. The number of pyridine rings is 1. The fraction of sp³-hybridized carbons (Fsp3) is 0.333. The Balaban J connectivity index is 1.65. The van der Waals surface area contributed by atoms with Gasteiger partial charge in [-0.15, -0.1) is 0 Å². The molecule has 3 rings (SSSR count). The maximum atomic E-state index is 12.3. The van der Waals surface area contributed by atoms with Crippen molar-refractivity contribution in [1.29, 1.82) is 0 Å². The topological polar surface area (TPSA) is 74.7 Å². The molecular weight excluding hydrogens is 306 g/mol. The first-order valence-corrected chi connectivity index (χ1v) is 7.90. The number of amides is 2. The second-order valence-corrected chi connectivity index (χ2v) is 6.37. The predicted octanol–water partition coefficient (Wildman–Crippen LogP) is 3.17. The van der Waals surface area contributed by atoms with E-state index < -0.39 is 5.60 Å². The van der Waals surface area contributed by atoms with E-state index in [9.17, 15) is 9.90 Å². The van der Waals surface area contributed by atoms with Gasteiger partial charge < -0.3 is 20.1 Å². The molecule has 0 aliphatic carbocycles. The number of aryl methyl sites for hydroxylation is 1. The highest BCUT2D eigenvalue weighted by Gasteiger charge is 2.33. The van der Waals surface area contributed by atoms with Gasteiger partial charge in [0.25, 0.3) is 0 Å². The Labute approximate surface area is 141 Å². The van der Waals surface area contributed by atoms with Crippen LogP contribution >= 0.6 is 0 Å². The largest absolute Gasteiger partial charge is 0.455 e. The number of aliphatic hydroxyl groups is 1. The first-order valence-electron chi connectivity index (χ1n) is 7.90. The Kier molecular flexibility index (Phi) is 4.40. The maximum Gasteiger partial charge on any atom is 0.321 e. The summed E-state index contributed by atoms with van der Waals surface area (Å²) in [7, 11) is 0. The SMILES string of the molecule is Cc1cc(NC(=O)N2CC[C@](C)(O)C2)ccc1Oc1cccnc1. The highest BCUT2D eigenvalue weighted by Crippen LogP contribution is 2.27. The van der Waals surface area contributed by atoms with Crippen LogP contribution in [0.4, 0.5) is 10.5 Å². The monoisotopic (exact) mass is 327 g/mol. The van der Waals surface area contributed by atoms with E-state index in [1.807, 2.05) is 31.2 Å². The van der Waals surface area contributed by atoms with Crippen molar-refractivity contribution in [2.45, 2.75) is 25.9 Å². The second-order valence-electron chi connectivity index (χ2n) is 6.37. The molecule has 1 aliphatic rings. The average Bonchev–Trinajstić information content (AvgIpc) is 2.91. The maximum absolute atomic E-state index is 12.3. The molecule has 1 aromatic heterocycles. The Hall–Kier alpha value is -2.60. The number of likely N-dealkylation sites (tertiary alicyclic amines) is 1. The fourth-order valence-corrected chi connectivity index (χ4v) is 2.70. The molecule has 0 spiro atoms. The van der Waals surface area contributed by atoms with Crippen LogP contribution in [0, 0.1) is 6.92 Å². The summed E-state index contributed by atoms with van der Waals surface area (Å²) in [5, 5.41) is 12.8. The summed E-state index contributed by atoms with van der Waals surface area (Å²) in [5.74, 6) is 1.38. The summed E-state index contributed by atoms with van der Waals surface area (Å²) in [6.07, 6.45) is 3.93. The Morgan fingerprint density at radius 3 is 2.88 bits per heavy atom. The number of hydrogen-bond acceptors (Lipinski definition) is 4. The lowest BCUT2D eigenvalue weighted by molar-refractivity contribution is 0.0727.